The molecule has 0 spiro atoms. The molecule has 2 N–H and O–H groups in total. The van der Waals surface area contributed by atoms with Crippen LogP contribution in [0.15, 0.2) is 47.4 Å². The summed E-state index contributed by atoms with van der Waals surface area (Å²) < 4.78 is 31.6. The number of nitrogens with one attached hydrogen (secondary N) is 2. The quantitative estimate of drug-likeness (QED) is 0.477. The molecule has 2 aromatic rings. The number of ether oxygens (including phenoxy) is 1. The summed E-state index contributed by atoms with van der Waals surface area (Å²) in [5.41, 5.74) is 1.22. The molecule has 172 valence electrons. The maximum Gasteiger partial charge on any atom is 0.293 e. The van der Waals surface area contributed by atoms with Crippen LogP contribution in [0.4, 0.5) is 11.4 Å². The lowest BCUT2D eigenvalue weighted by Gasteiger charge is -2.35. The van der Waals surface area contributed by atoms with Gasteiger partial charge >= 0.3 is 0 Å². The van der Waals surface area contributed by atoms with Gasteiger partial charge in [0.2, 0.25) is 10.0 Å². The minimum absolute atomic E-state index is 0.0172. The summed E-state index contributed by atoms with van der Waals surface area (Å²) in [7, 11) is -2.56. The molecule has 0 aliphatic carbocycles. The van der Waals surface area contributed by atoms with Gasteiger partial charge in [0.25, 0.3) is 11.6 Å². The molecule has 2 unspecified atom stereocenters. The molecule has 0 bridgehead atoms. The van der Waals surface area contributed by atoms with Crippen molar-refractivity contribution in [1.82, 2.24) is 9.62 Å². The number of amides is 1. The maximum atomic E-state index is 12.8. The summed E-state index contributed by atoms with van der Waals surface area (Å²) in [6.45, 7) is 5.21. The number of carbonyl (C=O) groups excluding carboxylic acids is 1. The van der Waals surface area contributed by atoms with Crippen LogP contribution in [0.25, 0.3) is 0 Å². The number of nitro groups is 1. The van der Waals surface area contributed by atoms with Crippen LogP contribution in [0.5, 0.6) is 0 Å². The minimum atomic E-state index is -3.79. The second-order valence-electron chi connectivity index (χ2n) is 7.66. The summed E-state index contributed by atoms with van der Waals surface area (Å²) in [6.07, 6.45) is -0.0344. The molecule has 1 saturated heterocycles. The van der Waals surface area contributed by atoms with E-state index in [2.05, 4.69) is 10.0 Å². The smallest absolute Gasteiger partial charge is 0.293 e. The van der Waals surface area contributed by atoms with Crippen molar-refractivity contribution in [1.29, 1.82) is 0 Å². The van der Waals surface area contributed by atoms with Gasteiger partial charge in [-0.15, -0.1) is 0 Å². The molecule has 1 amide bonds. The van der Waals surface area contributed by atoms with Crippen molar-refractivity contribution >= 4 is 27.3 Å². The summed E-state index contributed by atoms with van der Waals surface area (Å²) in [4.78, 5) is 25.1. The Morgan fingerprint density at radius 1 is 1.16 bits per heavy atom. The van der Waals surface area contributed by atoms with E-state index in [4.69, 9.17) is 4.74 Å². The van der Waals surface area contributed by atoms with Gasteiger partial charge in [0, 0.05) is 31.3 Å². The Balaban J connectivity index is 1.70. The van der Waals surface area contributed by atoms with E-state index in [9.17, 15) is 23.3 Å². The van der Waals surface area contributed by atoms with Crippen molar-refractivity contribution in [2.45, 2.75) is 37.5 Å². The van der Waals surface area contributed by atoms with Crippen LogP contribution in [0.3, 0.4) is 0 Å². The third-order valence-electron chi connectivity index (χ3n) is 5.14. The van der Waals surface area contributed by atoms with E-state index in [1.807, 2.05) is 13.8 Å². The van der Waals surface area contributed by atoms with E-state index in [0.29, 0.717) is 18.7 Å². The monoisotopic (exact) mass is 462 g/mol. The maximum absolute atomic E-state index is 12.8. The molecule has 10 nitrogen and oxygen atoms in total. The molecular formula is C21H26N4O6S. The number of hydrogen-bond donors (Lipinski definition) is 2. The number of hydrogen-bond acceptors (Lipinski definition) is 7. The van der Waals surface area contributed by atoms with E-state index in [1.54, 1.807) is 29.2 Å². The topological polar surface area (TPSA) is 131 Å². The summed E-state index contributed by atoms with van der Waals surface area (Å²) in [5, 5.41) is 14.4. The molecule has 1 heterocycles. The van der Waals surface area contributed by atoms with E-state index >= 15 is 0 Å². The van der Waals surface area contributed by atoms with E-state index in [1.165, 1.54) is 19.2 Å². The van der Waals surface area contributed by atoms with Crippen LogP contribution in [0.1, 0.15) is 29.8 Å². The molecule has 0 aromatic heterocycles. The molecular weight excluding hydrogens is 436 g/mol. The van der Waals surface area contributed by atoms with E-state index in [0.717, 1.165) is 11.6 Å². The van der Waals surface area contributed by atoms with Crippen LogP contribution in [0, 0.1) is 10.1 Å². The van der Waals surface area contributed by atoms with Gasteiger partial charge in [0.15, 0.2) is 0 Å². The number of sulfonamides is 1. The van der Waals surface area contributed by atoms with Crippen molar-refractivity contribution in [2.75, 3.05) is 25.5 Å². The summed E-state index contributed by atoms with van der Waals surface area (Å²) in [6, 6.07) is 10.7. The Morgan fingerprint density at radius 3 is 2.34 bits per heavy atom. The minimum Gasteiger partial charge on any atom is -0.375 e. The Bertz CT molecular complexity index is 1090. The number of morpholine rings is 1. The normalized spacial score (nSPS) is 18.9. The Morgan fingerprint density at radius 2 is 1.78 bits per heavy atom. The number of nitro benzene ring substituents is 1. The second kappa shape index (κ2) is 9.63. The van der Waals surface area contributed by atoms with Crippen LogP contribution < -0.4 is 10.0 Å². The fourth-order valence-corrected chi connectivity index (χ4v) is 4.34. The molecule has 11 heteroatoms. The van der Waals surface area contributed by atoms with Gasteiger partial charge in [-0.1, -0.05) is 12.1 Å². The Kier molecular flexibility index (Phi) is 7.12. The molecule has 0 saturated carbocycles. The first kappa shape index (κ1) is 23.6. The van der Waals surface area contributed by atoms with E-state index in [-0.39, 0.29) is 40.9 Å². The number of benzene rings is 2. The van der Waals surface area contributed by atoms with Crippen LogP contribution in [0.2, 0.25) is 0 Å². The van der Waals surface area contributed by atoms with Crippen molar-refractivity contribution in [3.63, 3.8) is 0 Å². The predicted octanol–water partition coefficient (Wildman–Crippen LogP) is 2.36. The van der Waals surface area contributed by atoms with Gasteiger partial charge < -0.3 is 15.0 Å². The molecule has 2 aromatic carbocycles. The lowest BCUT2D eigenvalue weighted by molar-refractivity contribution is -0.384. The number of carbonyl (C=O) groups is 1. The average Bonchev–Trinajstić information content (AvgIpc) is 2.76. The van der Waals surface area contributed by atoms with Crippen molar-refractivity contribution in [2.24, 2.45) is 0 Å². The summed E-state index contributed by atoms with van der Waals surface area (Å²) >= 11 is 0. The summed E-state index contributed by atoms with van der Waals surface area (Å²) in [5.74, 6) is -0.0662. The first-order chi connectivity index (χ1) is 15.1. The fourth-order valence-electron chi connectivity index (χ4n) is 3.59. The van der Waals surface area contributed by atoms with Crippen LogP contribution in [-0.4, -0.2) is 56.5 Å². The van der Waals surface area contributed by atoms with Gasteiger partial charge in [-0.05, 0) is 50.7 Å². The SMILES string of the molecule is CNS(=O)(=O)c1ccc(NCc2ccc(C(=O)N3CC(C)OC(C)C3)cc2)c([N+](=O)[O-])c1. The molecule has 3 rings (SSSR count). The van der Waals surface area contributed by atoms with Crippen LogP contribution >= 0.6 is 0 Å². The van der Waals surface area contributed by atoms with Crippen molar-refractivity contribution in [3.8, 4) is 0 Å². The molecule has 1 aliphatic heterocycles. The van der Waals surface area contributed by atoms with Gasteiger partial charge in [-0.25, -0.2) is 13.1 Å². The van der Waals surface area contributed by atoms with Crippen molar-refractivity contribution in [3.05, 3.63) is 63.7 Å². The van der Waals surface area contributed by atoms with Gasteiger partial charge in [-0.3, -0.25) is 14.9 Å². The molecule has 2 atom stereocenters. The van der Waals surface area contributed by atoms with Crippen LogP contribution in [-0.2, 0) is 21.3 Å². The number of anilines is 1. The second-order valence-corrected chi connectivity index (χ2v) is 9.55. The predicted molar refractivity (Wildman–Crippen MR) is 119 cm³/mol. The third kappa shape index (κ3) is 5.42. The number of rotatable bonds is 7. The van der Waals surface area contributed by atoms with Gasteiger partial charge in [-0.2, -0.15) is 0 Å². The first-order valence-corrected chi connectivity index (χ1v) is 11.6. The fraction of sp³-hybridized carbons (Fsp3) is 0.381. The zero-order valence-corrected chi connectivity index (χ0v) is 18.9. The first-order valence-electron chi connectivity index (χ1n) is 10.1. The highest BCUT2D eigenvalue weighted by atomic mass is 32.2. The number of nitrogens with zero attached hydrogens (tertiary/aromatic N) is 2. The lowest BCUT2D eigenvalue weighted by atomic mass is 10.1. The molecule has 32 heavy (non-hydrogen) atoms. The lowest BCUT2D eigenvalue weighted by Crippen LogP contribution is -2.48. The Hall–Kier alpha value is -3.02. The Labute approximate surface area is 186 Å². The highest BCUT2D eigenvalue weighted by molar-refractivity contribution is 7.89. The highest BCUT2D eigenvalue weighted by Crippen LogP contribution is 2.28. The molecule has 1 aliphatic rings. The highest BCUT2D eigenvalue weighted by Gasteiger charge is 2.26. The largest absolute Gasteiger partial charge is 0.375 e. The van der Waals surface area contributed by atoms with Gasteiger partial charge in [0.1, 0.15) is 5.69 Å². The van der Waals surface area contributed by atoms with Crippen molar-refractivity contribution < 1.29 is 22.9 Å². The average molecular weight is 463 g/mol. The van der Waals surface area contributed by atoms with Gasteiger partial charge in [0.05, 0.1) is 22.0 Å². The standard InChI is InChI=1S/C21H26N4O6S/c1-14-12-24(13-15(2)31-14)21(26)17-6-4-16(5-7-17)11-23-19-9-8-18(32(29,30)22-3)10-20(19)25(27)28/h4-10,14-15,22-23H,11-13H2,1-3H3. The molecule has 1 fully saturated rings. The van der Waals surface area contributed by atoms with E-state index < -0.39 is 14.9 Å². The molecule has 0 radical (unpaired) electrons. The third-order valence-corrected chi connectivity index (χ3v) is 6.55. The zero-order valence-electron chi connectivity index (χ0n) is 18.1. The zero-order chi connectivity index (χ0) is 23.5.